The molecule has 4 aromatic rings. The molecule has 1 unspecified atom stereocenters. The van der Waals surface area contributed by atoms with Crippen LogP contribution in [0.4, 0.5) is 8.78 Å². The van der Waals surface area contributed by atoms with Crippen molar-refractivity contribution in [3.63, 3.8) is 0 Å². The molecule has 0 spiro atoms. The van der Waals surface area contributed by atoms with Crippen LogP contribution >= 0.6 is 19.9 Å². The second-order valence-electron chi connectivity index (χ2n) is 9.73. The third kappa shape index (κ3) is 5.22. The van der Waals surface area contributed by atoms with Crippen LogP contribution in [0, 0.1) is 18.6 Å². The lowest BCUT2D eigenvalue weighted by molar-refractivity contribution is 0.0606. The SMILES string of the molecule is CN[C@H]1CC[C@H](N(Cc2cc(-c3cnccn3)ccc2PC)C(=O)c2sc3c(F)ccc(F)c3c2C)CC1. The third-order valence-electron chi connectivity index (χ3n) is 7.55. The highest BCUT2D eigenvalue weighted by molar-refractivity contribution is 7.46. The van der Waals surface area contributed by atoms with Gasteiger partial charge in [0.25, 0.3) is 5.91 Å². The van der Waals surface area contributed by atoms with Crippen LogP contribution in [-0.2, 0) is 6.54 Å². The van der Waals surface area contributed by atoms with Gasteiger partial charge in [-0.2, -0.15) is 0 Å². The Kier molecular flexibility index (Phi) is 8.12. The summed E-state index contributed by atoms with van der Waals surface area (Å²) in [6.07, 6.45) is 8.74. The highest BCUT2D eigenvalue weighted by Crippen LogP contribution is 2.37. The second-order valence-corrected chi connectivity index (χ2v) is 11.8. The molecule has 1 fully saturated rings. The molecule has 1 saturated carbocycles. The van der Waals surface area contributed by atoms with E-state index in [-0.39, 0.29) is 22.0 Å². The smallest absolute Gasteiger partial charge is 0.264 e. The van der Waals surface area contributed by atoms with Gasteiger partial charge >= 0.3 is 0 Å². The number of benzene rings is 2. The topological polar surface area (TPSA) is 58.1 Å². The molecule has 2 aromatic carbocycles. The maximum atomic E-state index is 14.7. The number of rotatable bonds is 7. The molecule has 38 heavy (non-hydrogen) atoms. The third-order valence-corrected chi connectivity index (χ3v) is 9.87. The number of hydrogen-bond acceptors (Lipinski definition) is 5. The van der Waals surface area contributed by atoms with Crippen LogP contribution in [0.5, 0.6) is 0 Å². The lowest BCUT2D eigenvalue weighted by Crippen LogP contribution is -2.44. The van der Waals surface area contributed by atoms with Gasteiger partial charge in [0, 0.05) is 42.0 Å². The van der Waals surface area contributed by atoms with E-state index in [1.807, 2.05) is 18.0 Å². The number of fused-ring (bicyclic) bond motifs is 1. The largest absolute Gasteiger partial charge is 0.331 e. The van der Waals surface area contributed by atoms with Gasteiger partial charge in [0.2, 0.25) is 0 Å². The maximum absolute atomic E-state index is 14.7. The summed E-state index contributed by atoms with van der Waals surface area (Å²) in [5.74, 6) is -1.16. The van der Waals surface area contributed by atoms with Crippen molar-refractivity contribution in [2.75, 3.05) is 13.7 Å². The van der Waals surface area contributed by atoms with E-state index in [9.17, 15) is 13.6 Å². The molecule has 9 heteroatoms. The number of carbonyl (C=O) groups excluding carboxylic acids is 1. The van der Waals surface area contributed by atoms with Crippen LogP contribution in [-0.4, -0.2) is 46.6 Å². The number of thiophene rings is 1. The summed E-state index contributed by atoms with van der Waals surface area (Å²) in [6, 6.07) is 9.00. The minimum Gasteiger partial charge on any atom is -0.331 e. The van der Waals surface area contributed by atoms with Gasteiger partial charge in [-0.1, -0.05) is 20.7 Å². The first-order valence-corrected chi connectivity index (χ1v) is 15.1. The average molecular weight is 553 g/mol. The lowest BCUT2D eigenvalue weighted by atomic mass is 9.89. The summed E-state index contributed by atoms with van der Waals surface area (Å²) in [5.41, 5.74) is 3.29. The molecule has 1 aliphatic carbocycles. The first-order chi connectivity index (χ1) is 18.4. The summed E-state index contributed by atoms with van der Waals surface area (Å²) in [4.78, 5) is 25.2. The molecule has 198 valence electrons. The van der Waals surface area contributed by atoms with Crippen LogP contribution in [0.15, 0.2) is 48.9 Å². The van der Waals surface area contributed by atoms with E-state index in [0.29, 0.717) is 31.6 Å². The molecular weight excluding hydrogens is 521 g/mol. The van der Waals surface area contributed by atoms with Gasteiger partial charge in [-0.3, -0.25) is 14.8 Å². The highest BCUT2D eigenvalue weighted by atomic mass is 32.1. The van der Waals surface area contributed by atoms with Crippen molar-refractivity contribution in [2.45, 2.75) is 51.2 Å². The summed E-state index contributed by atoms with van der Waals surface area (Å²) < 4.78 is 29.5. The molecular formula is C29H31F2N4OPS. The van der Waals surface area contributed by atoms with Crippen LogP contribution in [0.25, 0.3) is 21.3 Å². The molecule has 1 aliphatic rings. The van der Waals surface area contributed by atoms with Crippen molar-refractivity contribution in [3.05, 3.63) is 76.6 Å². The Morgan fingerprint density at radius 2 is 1.89 bits per heavy atom. The number of aromatic nitrogens is 2. The molecule has 1 atom stereocenters. The molecule has 5 rings (SSSR count). The fourth-order valence-corrected chi connectivity index (χ4v) is 7.32. The van der Waals surface area contributed by atoms with Gasteiger partial charge in [0.15, 0.2) is 0 Å². The minimum absolute atomic E-state index is 0.0413. The molecule has 2 heterocycles. The van der Waals surface area contributed by atoms with E-state index in [1.165, 1.54) is 5.30 Å². The summed E-state index contributed by atoms with van der Waals surface area (Å²) in [6.45, 7) is 4.28. The van der Waals surface area contributed by atoms with Crippen LogP contribution in [0.1, 0.15) is 46.5 Å². The average Bonchev–Trinajstić information content (AvgIpc) is 3.32. The zero-order valence-corrected chi connectivity index (χ0v) is 23.5. The first-order valence-electron chi connectivity index (χ1n) is 12.8. The zero-order chi connectivity index (χ0) is 26.8. The van der Waals surface area contributed by atoms with Gasteiger partial charge in [-0.15, -0.1) is 11.3 Å². The van der Waals surface area contributed by atoms with Gasteiger partial charge in [-0.25, -0.2) is 8.78 Å². The van der Waals surface area contributed by atoms with Crippen molar-refractivity contribution < 1.29 is 13.6 Å². The zero-order valence-electron chi connectivity index (χ0n) is 21.7. The van der Waals surface area contributed by atoms with Crippen molar-refractivity contribution in [1.82, 2.24) is 20.2 Å². The van der Waals surface area contributed by atoms with Crippen LogP contribution in [0.2, 0.25) is 0 Å². The Morgan fingerprint density at radius 3 is 2.55 bits per heavy atom. The van der Waals surface area contributed by atoms with Crippen LogP contribution in [0.3, 0.4) is 0 Å². The quantitative estimate of drug-likeness (QED) is 0.284. The Bertz CT molecular complexity index is 1450. The van der Waals surface area contributed by atoms with E-state index in [1.54, 1.807) is 25.5 Å². The van der Waals surface area contributed by atoms with E-state index < -0.39 is 11.6 Å². The predicted molar refractivity (Wildman–Crippen MR) is 153 cm³/mol. The molecule has 5 nitrogen and oxygen atoms in total. The molecule has 1 N–H and O–H groups in total. The molecule has 0 saturated heterocycles. The van der Waals surface area contributed by atoms with Gasteiger partial charge in [-0.05, 0) is 81.0 Å². The first kappa shape index (κ1) is 26.8. The fourth-order valence-electron chi connectivity index (χ4n) is 5.41. The highest BCUT2D eigenvalue weighted by Gasteiger charge is 2.32. The van der Waals surface area contributed by atoms with E-state index in [4.69, 9.17) is 0 Å². The predicted octanol–water partition coefficient (Wildman–Crippen LogP) is 6.05. The standard InChI is InChI=1S/C29H31F2N4OPS/c1-17-26-22(30)9-10-23(31)28(26)38-27(17)29(36)35(21-7-5-20(32-2)6-8-21)16-19-14-18(4-11-25(19)37-3)24-15-33-12-13-34-24/h4,9-15,20-21,32,37H,5-8,16H2,1-3H3/t20-,21-. The molecule has 0 radical (unpaired) electrons. The Morgan fingerprint density at radius 1 is 1.13 bits per heavy atom. The van der Waals surface area contributed by atoms with Gasteiger partial charge < -0.3 is 10.2 Å². The molecule has 0 aliphatic heterocycles. The Labute approximate surface area is 227 Å². The summed E-state index contributed by atoms with van der Waals surface area (Å²) in [5, 5.41) is 4.75. The number of halogens is 2. The Balaban J connectivity index is 1.56. The Hall–Kier alpha value is -2.80. The monoisotopic (exact) mass is 552 g/mol. The maximum Gasteiger partial charge on any atom is 0.264 e. The van der Waals surface area contributed by atoms with Crippen LogP contribution < -0.4 is 10.6 Å². The number of aryl methyl sites for hydroxylation is 1. The number of nitrogens with one attached hydrogen (secondary N) is 1. The molecule has 1 amide bonds. The minimum atomic E-state index is -0.499. The van der Waals surface area contributed by atoms with E-state index >= 15 is 0 Å². The normalized spacial score (nSPS) is 17.9. The van der Waals surface area contributed by atoms with Crippen molar-refractivity contribution in [2.24, 2.45) is 0 Å². The van der Waals surface area contributed by atoms with E-state index in [0.717, 1.165) is 66.0 Å². The molecule has 2 aromatic heterocycles. The summed E-state index contributed by atoms with van der Waals surface area (Å²) in [7, 11) is 2.53. The fraction of sp³-hybridized carbons (Fsp3) is 0.345. The van der Waals surface area contributed by atoms with Crippen molar-refractivity contribution >= 4 is 41.2 Å². The van der Waals surface area contributed by atoms with Crippen molar-refractivity contribution in [3.8, 4) is 11.3 Å². The van der Waals surface area contributed by atoms with Crippen molar-refractivity contribution in [1.29, 1.82) is 0 Å². The van der Waals surface area contributed by atoms with E-state index in [2.05, 4.69) is 34.1 Å². The number of hydrogen-bond donors (Lipinski definition) is 1. The summed E-state index contributed by atoms with van der Waals surface area (Å²) >= 11 is 1.06. The number of nitrogens with zero attached hydrogens (tertiary/aromatic N) is 3. The number of amides is 1. The lowest BCUT2D eigenvalue weighted by Gasteiger charge is -2.37. The number of carbonyl (C=O) groups is 1. The van der Waals surface area contributed by atoms with Gasteiger partial charge in [0.1, 0.15) is 11.6 Å². The molecule has 0 bridgehead atoms. The second kappa shape index (κ2) is 11.5. The van der Waals surface area contributed by atoms with Gasteiger partial charge in [0.05, 0.1) is 21.5 Å².